The largest absolute Gasteiger partial charge is 0.352 e. The number of guanidine groups is 1. The monoisotopic (exact) mass is 374 g/mol. The predicted octanol–water partition coefficient (Wildman–Crippen LogP) is 2.99. The minimum atomic E-state index is -0.238. The highest BCUT2D eigenvalue weighted by atomic mass is 32.2. The van der Waals surface area contributed by atoms with Crippen LogP contribution in [-0.2, 0) is 17.1 Å². The average molecular weight is 374 g/mol. The summed E-state index contributed by atoms with van der Waals surface area (Å²) in [4.78, 5) is 16.1. The third-order valence-corrected chi connectivity index (χ3v) is 4.21. The van der Waals surface area contributed by atoms with Gasteiger partial charge in [-0.2, -0.15) is 11.8 Å². The van der Waals surface area contributed by atoms with Crippen LogP contribution < -0.4 is 16.0 Å². The second-order valence-electron chi connectivity index (χ2n) is 5.54. The van der Waals surface area contributed by atoms with Crippen molar-refractivity contribution in [3.05, 3.63) is 65.5 Å². The van der Waals surface area contributed by atoms with Crippen LogP contribution in [0.5, 0.6) is 0 Å². The van der Waals surface area contributed by atoms with E-state index >= 15 is 0 Å². The molecule has 0 saturated heterocycles. The summed E-state index contributed by atoms with van der Waals surface area (Å²) in [6, 6.07) is 14.0. The van der Waals surface area contributed by atoms with Crippen LogP contribution in [0.4, 0.5) is 10.1 Å². The smallest absolute Gasteiger partial charge is 0.243 e. The number of nitrogens with zero attached hydrogens (tertiary/aromatic N) is 1. The van der Waals surface area contributed by atoms with Gasteiger partial charge in [0, 0.05) is 25.0 Å². The lowest BCUT2D eigenvalue weighted by Crippen LogP contribution is -2.41. The van der Waals surface area contributed by atoms with Crippen molar-refractivity contribution in [1.82, 2.24) is 10.6 Å². The maximum absolute atomic E-state index is 13.4. The highest BCUT2D eigenvalue weighted by molar-refractivity contribution is 7.97. The molecule has 0 saturated carbocycles. The highest BCUT2D eigenvalue weighted by Gasteiger charge is 2.07. The first-order chi connectivity index (χ1) is 12.6. The number of halogens is 1. The van der Waals surface area contributed by atoms with E-state index in [-0.39, 0.29) is 18.3 Å². The normalized spacial score (nSPS) is 11.1. The first-order valence-electron chi connectivity index (χ1n) is 8.18. The number of benzene rings is 2. The SMILES string of the molecule is CN=C(NCC(=O)Nc1ccccc1)NCc1ccc(F)cc1CSC. The number of amides is 1. The Hall–Kier alpha value is -2.54. The van der Waals surface area contributed by atoms with E-state index in [1.165, 1.54) is 6.07 Å². The van der Waals surface area contributed by atoms with Gasteiger partial charge in [-0.25, -0.2) is 4.39 Å². The van der Waals surface area contributed by atoms with Crippen LogP contribution in [-0.4, -0.2) is 31.7 Å². The third kappa shape index (κ3) is 6.40. The molecule has 7 heteroatoms. The Labute approximate surface area is 157 Å². The van der Waals surface area contributed by atoms with Gasteiger partial charge in [-0.05, 0) is 41.6 Å². The van der Waals surface area contributed by atoms with Crippen molar-refractivity contribution in [1.29, 1.82) is 0 Å². The second-order valence-corrected chi connectivity index (χ2v) is 6.41. The molecule has 1 amide bonds. The number of aliphatic imine (C=N–C) groups is 1. The topological polar surface area (TPSA) is 65.5 Å². The highest BCUT2D eigenvalue weighted by Crippen LogP contribution is 2.16. The molecule has 3 N–H and O–H groups in total. The van der Waals surface area contributed by atoms with E-state index in [9.17, 15) is 9.18 Å². The van der Waals surface area contributed by atoms with Crippen molar-refractivity contribution in [2.24, 2.45) is 4.99 Å². The Morgan fingerprint density at radius 2 is 1.88 bits per heavy atom. The molecule has 0 aliphatic carbocycles. The van der Waals surface area contributed by atoms with Crippen LogP contribution >= 0.6 is 11.8 Å². The minimum Gasteiger partial charge on any atom is -0.352 e. The summed E-state index contributed by atoms with van der Waals surface area (Å²) in [5.74, 6) is 0.842. The number of hydrogen-bond donors (Lipinski definition) is 3. The maximum atomic E-state index is 13.4. The molecular formula is C19H23FN4OS. The summed E-state index contributed by atoms with van der Waals surface area (Å²) in [5.41, 5.74) is 2.69. The maximum Gasteiger partial charge on any atom is 0.243 e. The van der Waals surface area contributed by atoms with E-state index in [0.29, 0.717) is 12.5 Å². The molecular weight excluding hydrogens is 351 g/mol. The molecule has 2 aromatic carbocycles. The van der Waals surface area contributed by atoms with E-state index in [1.54, 1.807) is 30.9 Å². The molecule has 0 aromatic heterocycles. The van der Waals surface area contributed by atoms with Gasteiger partial charge < -0.3 is 16.0 Å². The van der Waals surface area contributed by atoms with Gasteiger partial charge in [0.2, 0.25) is 5.91 Å². The number of carbonyl (C=O) groups excluding carboxylic acids is 1. The molecule has 0 unspecified atom stereocenters. The fraction of sp³-hybridized carbons (Fsp3) is 0.263. The summed E-state index contributed by atoms with van der Waals surface area (Å²) in [5, 5.41) is 8.92. The first-order valence-corrected chi connectivity index (χ1v) is 9.57. The zero-order valence-electron chi connectivity index (χ0n) is 14.9. The van der Waals surface area contributed by atoms with Gasteiger partial charge in [-0.1, -0.05) is 24.3 Å². The molecule has 0 fully saturated rings. The molecule has 0 heterocycles. The lowest BCUT2D eigenvalue weighted by molar-refractivity contribution is -0.115. The van der Waals surface area contributed by atoms with Gasteiger partial charge in [0.25, 0.3) is 0 Å². The fourth-order valence-electron chi connectivity index (χ4n) is 2.35. The van der Waals surface area contributed by atoms with Crippen molar-refractivity contribution in [3.63, 3.8) is 0 Å². The lowest BCUT2D eigenvalue weighted by Gasteiger charge is -2.14. The summed E-state index contributed by atoms with van der Waals surface area (Å²) in [7, 11) is 1.64. The van der Waals surface area contributed by atoms with Crippen molar-refractivity contribution in [3.8, 4) is 0 Å². The Morgan fingerprint density at radius 3 is 2.58 bits per heavy atom. The van der Waals surface area contributed by atoms with Crippen LogP contribution in [0.3, 0.4) is 0 Å². The quantitative estimate of drug-likeness (QED) is 0.515. The number of carbonyl (C=O) groups is 1. The van der Waals surface area contributed by atoms with Crippen LogP contribution in [0.15, 0.2) is 53.5 Å². The van der Waals surface area contributed by atoms with Crippen molar-refractivity contribution < 1.29 is 9.18 Å². The Morgan fingerprint density at radius 1 is 1.12 bits per heavy atom. The zero-order chi connectivity index (χ0) is 18.8. The molecule has 2 aromatic rings. The van der Waals surface area contributed by atoms with E-state index in [2.05, 4.69) is 20.9 Å². The molecule has 138 valence electrons. The Balaban J connectivity index is 1.85. The van der Waals surface area contributed by atoms with Gasteiger partial charge in [0.1, 0.15) is 5.82 Å². The molecule has 5 nitrogen and oxygen atoms in total. The Bertz CT molecular complexity index is 752. The van der Waals surface area contributed by atoms with Crippen molar-refractivity contribution in [2.75, 3.05) is 25.2 Å². The van der Waals surface area contributed by atoms with E-state index in [1.807, 2.05) is 36.6 Å². The molecule has 2 rings (SSSR count). The molecule has 0 atom stereocenters. The fourth-order valence-corrected chi connectivity index (χ4v) is 2.93. The van der Waals surface area contributed by atoms with E-state index < -0.39 is 0 Å². The Kier molecular flexibility index (Phi) is 7.95. The second kappa shape index (κ2) is 10.5. The predicted molar refractivity (Wildman–Crippen MR) is 107 cm³/mol. The van der Waals surface area contributed by atoms with Gasteiger partial charge in [-0.15, -0.1) is 0 Å². The zero-order valence-corrected chi connectivity index (χ0v) is 15.7. The van der Waals surface area contributed by atoms with Crippen molar-refractivity contribution >= 4 is 29.3 Å². The molecule has 0 aliphatic rings. The van der Waals surface area contributed by atoms with Gasteiger partial charge in [-0.3, -0.25) is 9.79 Å². The van der Waals surface area contributed by atoms with Crippen molar-refractivity contribution in [2.45, 2.75) is 12.3 Å². The number of rotatable bonds is 7. The third-order valence-electron chi connectivity index (χ3n) is 3.61. The van der Waals surface area contributed by atoms with Gasteiger partial charge in [0.15, 0.2) is 5.96 Å². The van der Waals surface area contributed by atoms with E-state index in [0.717, 1.165) is 22.6 Å². The summed E-state index contributed by atoms with van der Waals surface area (Å²) in [6.45, 7) is 0.589. The number of hydrogen-bond acceptors (Lipinski definition) is 3. The number of para-hydroxylation sites is 1. The summed E-state index contributed by atoms with van der Waals surface area (Å²) >= 11 is 1.64. The number of anilines is 1. The van der Waals surface area contributed by atoms with Crippen LogP contribution in [0.1, 0.15) is 11.1 Å². The molecule has 0 radical (unpaired) electrons. The first kappa shape index (κ1) is 19.8. The molecule has 0 bridgehead atoms. The standard InChI is InChI=1S/C19H23FN4OS/c1-21-19(23-12-18(25)24-17-6-4-3-5-7-17)22-11-14-8-9-16(20)10-15(14)13-26-2/h3-10H,11-13H2,1-2H3,(H,24,25)(H2,21,22,23). The molecule has 26 heavy (non-hydrogen) atoms. The summed E-state index contributed by atoms with van der Waals surface area (Å²) < 4.78 is 13.4. The van der Waals surface area contributed by atoms with Crippen LogP contribution in [0.2, 0.25) is 0 Å². The summed E-state index contributed by atoms with van der Waals surface area (Å²) in [6.07, 6.45) is 1.98. The average Bonchev–Trinajstić information content (AvgIpc) is 2.64. The van der Waals surface area contributed by atoms with Crippen LogP contribution in [0.25, 0.3) is 0 Å². The number of thioether (sulfide) groups is 1. The molecule has 0 aliphatic heterocycles. The van der Waals surface area contributed by atoms with Gasteiger partial charge >= 0.3 is 0 Å². The number of nitrogens with one attached hydrogen (secondary N) is 3. The van der Waals surface area contributed by atoms with Gasteiger partial charge in [0.05, 0.1) is 6.54 Å². The molecule has 0 spiro atoms. The van der Waals surface area contributed by atoms with Crippen LogP contribution in [0, 0.1) is 5.82 Å². The lowest BCUT2D eigenvalue weighted by atomic mass is 10.1. The van der Waals surface area contributed by atoms with E-state index in [4.69, 9.17) is 0 Å². The minimum absolute atomic E-state index is 0.0929.